The first-order valence-corrected chi connectivity index (χ1v) is 7.52. The highest BCUT2D eigenvalue weighted by molar-refractivity contribution is 5.88. The van der Waals surface area contributed by atoms with Crippen molar-refractivity contribution in [2.75, 3.05) is 38.1 Å². The van der Waals surface area contributed by atoms with Gasteiger partial charge in [-0.25, -0.2) is 4.98 Å². The molecular weight excluding hydrogens is 373 g/mol. The average molecular weight is 399 g/mol. The molecule has 2 fully saturated rings. The zero-order chi connectivity index (χ0) is 14.9. The lowest BCUT2D eigenvalue weighted by atomic mass is 10.2. The maximum atomic E-state index is 11.9. The quantitative estimate of drug-likeness (QED) is 0.797. The lowest BCUT2D eigenvalue weighted by Gasteiger charge is -2.33. The highest BCUT2D eigenvalue weighted by Gasteiger charge is 2.45. The molecule has 0 unspecified atom stereocenters. The molecule has 1 saturated heterocycles. The van der Waals surface area contributed by atoms with Crippen LogP contribution in [0.4, 0.5) is 5.82 Å². The Hall–Kier alpha value is -0.790. The maximum absolute atomic E-state index is 11.9. The Morgan fingerprint density at radius 2 is 1.88 bits per heavy atom. The topological polar surface area (TPSA) is 74.5 Å². The van der Waals surface area contributed by atoms with E-state index in [9.17, 15) is 4.79 Å². The molecule has 1 saturated carbocycles. The Kier molecular flexibility index (Phi) is 9.31. The summed E-state index contributed by atoms with van der Waals surface area (Å²) in [6.45, 7) is 4.61. The van der Waals surface area contributed by atoms with Crippen LogP contribution in [0.15, 0.2) is 18.3 Å². The number of aromatic nitrogens is 1. The second-order valence-electron chi connectivity index (χ2n) is 6.15. The third kappa shape index (κ3) is 5.63. The summed E-state index contributed by atoms with van der Waals surface area (Å²) in [5.41, 5.74) is 6.34. The van der Waals surface area contributed by atoms with Gasteiger partial charge in [0, 0.05) is 38.9 Å². The van der Waals surface area contributed by atoms with Crippen LogP contribution in [0.3, 0.4) is 0 Å². The minimum atomic E-state index is -0.604. The van der Waals surface area contributed by atoms with Crippen molar-refractivity contribution in [3.8, 4) is 0 Å². The highest BCUT2D eigenvalue weighted by Crippen LogP contribution is 2.32. The number of nitrogens with two attached hydrogens (primary N) is 1. The molecule has 0 radical (unpaired) electrons. The van der Waals surface area contributed by atoms with Crippen LogP contribution in [0, 0.1) is 0 Å². The molecular formula is C15H26Cl3N5O. The van der Waals surface area contributed by atoms with Crippen LogP contribution in [-0.4, -0.2) is 54.6 Å². The Morgan fingerprint density at radius 1 is 1.25 bits per heavy atom. The van der Waals surface area contributed by atoms with E-state index in [1.54, 1.807) is 0 Å². The van der Waals surface area contributed by atoms with E-state index in [1.807, 2.05) is 12.3 Å². The normalized spacial score (nSPS) is 18.5. The average Bonchev–Trinajstić information content (AvgIpc) is 3.25. The first-order valence-electron chi connectivity index (χ1n) is 7.52. The van der Waals surface area contributed by atoms with Crippen LogP contribution in [0.5, 0.6) is 0 Å². The number of anilines is 1. The predicted molar refractivity (Wildman–Crippen MR) is 104 cm³/mol. The molecule has 0 bridgehead atoms. The second kappa shape index (κ2) is 9.63. The van der Waals surface area contributed by atoms with E-state index in [2.05, 4.69) is 33.2 Å². The van der Waals surface area contributed by atoms with Crippen LogP contribution in [0.1, 0.15) is 18.4 Å². The molecule has 2 heterocycles. The molecule has 1 amide bonds. The first kappa shape index (κ1) is 23.2. The van der Waals surface area contributed by atoms with Crippen molar-refractivity contribution >= 4 is 48.9 Å². The number of halogens is 3. The summed E-state index contributed by atoms with van der Waals surface area (Å²) in [7, 11) is 2.14. The third-order valence-corrected chi connectivity index (χ3v) is 4.33. The van der Waals surface area contributed by atoms with Gasteiger partial charge in [0.2, 0.25) is 5.91 Å². The molecule has 1 aliphatic carbocycles. The number of pyridine rings is 1. The van der Waals surface area contributed by atoms with Crippen LogP contribution in [-0.2, 0) is 11.3 Å². The van der Waals surface area contributed by atoms with Crippen molar-refractivity contribution in [1.29, 1.82) is 0 Å². The summed E-state index contributed by atoms with van der Waals surface area (Å²) in [6.07, 6.45) is 3.40. The van der Waals surface area contributed by atoms with Crippen molar-refractivity contribution in [2.45, 2.75) is 24.9 Å². The van der Waals surface area contributed by atoms with Gasteiger partial charge in [-0.1, -0.05) is 0 Å². The molecule has 0 atom stereocenters. The lowest BCUT2D eigenvalue weighted by molar-refractivity contribution is -0.123. The van der Waals surface area contributed by atoms with Gasteiger partial charge in [0.25, 0.3) is 0 Å². The number of amides is 1. The summed E-state index contributed by atoms with van der Waals surface area (Å²) < 4.78 is 0. The molecule has 2 aliphatic rings. The van der Waals surface area contributed by atoms with Crippen LogP contribution in [0.2, 0.25) is 0 Å². The van der Waals surface area contributed by atoms with Crippen molar-refractivity contribution in [1.82, 2.24) is 15.2 Å². The van der Waals surface area contributed by atoms with Gasteiger partial charge in [0.15, 0.2) is 0 Å². The zero-order valence-corrected chi connectivity index (χ0v) is 16.2. The summed E-state index contributed by atoms with van der Waals surface area (Å²) in [6, 6.07) is 4.00. The summed E-state index contributed by atoms with van der Waals surface area (Å²) >= 11 is 0. The molecule has 138 valence electrons. The summed E-state index contributed by atoms with van der Waals surface area (Å²) in [5, 5.41) is 2.92. The largest absolute Gasteiger partial charge is 0.354 e. The van der Waals surface area contributed by atoms with E-state index in [0.717, 1.165) is 50.4 Å². The molecule has 9 heteroatoms. The smallest absolute Gasteiger partial charge is 0.240 e. The van der Waals surface area contributed by atoms with Crippen molar-refractivity contribution in [2.24, 2.45) is 5.73 Å². The number of carbonyl (C=O) groups is 1. The van der Waals surface area contributed by atoms with Crippen LogP contribution >= 0.6 is 37.2 Å². The summed E-state index contributed by atoms with van der Waals surface area (Å²) in [4.78, 5) is 20.9. The van der Waals surface area contributed by atoms with E-state index in [4.69, 9.17) is 5.73 Å². The van der Waals surface area contributed by atoms with Crippen LogP contribution in [0.25, 0.3) is 0 Å². The number of hydrogen-bond donors (Lipinski definition) is 2. The van der Waals surface area contributed by atoms with Gasteiger partial charge < -0.3 is 20.9 Å². The Morgan fingerprint density at radius 3 is 2.46 bits per heavy atom. The van der Waals surface area contributed by atoms with Gasteiger partial charge in [0.1, 0.15) is 5.82 Å². The van der Waals surface area contributed by atoms with E-state index in [-0.39, 0.29) is 43.1 Å². The van der Waals surface area contributed by atoms with Gasteiger partial charge in [-0.05, 0) is 37.6 Å². The number of piperazine rings is 1. The fraction of sp³-hybridized carbons (Fsp3) is 0.600. The molecule has 0 aromatic carbocycles. The van der Waals surface area contributed by atoms with Gasteiger partial charge in [0.05, 0.1) is 5.54 Å². The molecule has 1 aromatic heterocycles. The van der Waals surface area contributed by atoms with Crippen molar-refractivity contribution < 1.29 is 4.79 Å². The van der Waals surface area contributed by atoms with Gasteiger partial charge >= 0.3 is 0 Å². The van der Waals surface area contributed by atoms with Crippen molar-refractivity contribution in [3.05, 3.63) is 23.9 Å². The Bertz CT molecular complexity index is 534. The van der Waals surface area contributed by atoms with Crippen molar-refractivity contribution in [3.63, 3.8) is 0 Å². The monoisotopic (exact) mass is 397 g/mol. The third-order valence-electron chi connectivity index (χ3n) is 4.33. The molecule has 1 aromatic rings. The molecule has 6 nitrogen and oxygen atoms in total. The minimum absolute atomic E-state index is 0. The number of carbonyl (C=O) groups excluding carboxylic acids is 1. The van der Waals surface area contributed by atoms with E-state index >= 15 is 0 Å². The fourth-order valence-electron chi connectivity index (χ4n) is 2.50. The van der Waals surface area contributed by atoms with E-state index in [1.165, 1.54) is 0 Å². The Balaban J connectivity index is 0.00000176. The maximum Gasteiger partial charge on any atom is 0.240 e. The molecule has 24 heavy (non-hydrogen) atoms. The predicted octanol–water partition coefficient (Wildman–Crippen LogP) is 1.21. The lowest BCUT2D eigenvalue weighted by Crippen LogP contribution is -2.45. The van der Waals surface area contributed by atoms with Gasteiger partial charge in [-0.3, -0.25) is 4.79 Å². The van der Waals surface area contributed by atoms with Crippen LogP contribution < -0.4 is 16.0 Å². The summed E-state index contributed by atoms with van der Waals surface area (Å²) in [5.74, 6) is 0.948. The number of nitrogens with zero attached hydrogens (tertiary/aromatic N) is 3. The number of rotatable bonds is 4. The number of nitrogens with one attached hydrogen (secondary N) is 1. The first-order chi connectivity index (χ1) is 10.1. The highest BCUT2D eigenvalue weighted by atomic mass is 35.5. The van der Waals surface area contributed by atoms with E-state index < -0.39 is 5.54 Å². The molecule has 1 aliphatic heterocycles. The van der Waals surface area contributed by atoms with Gasteiger partial charge in [-0.15, -0.1) is 37.2 Å². The Labute approximate surface area is 161 Å². The standard InChI is InChI=1S/C15H23N5O.3ClH/c1-19-6-8-20(9-7-19)13-10-12(2-5-17-13)11-18-14(21)15(16)3-4-15;;;/h2,5,10H,3-4,6-9,11,16H2,1H3,(H,18,21);3*1H. The molecule has 3 N–H and O–H groups in total. The fourth-order valence-corrected chi connectivity index (χ4v) is 2.50. The zero-order valence-electron chi connectivity index (χ0n) is 13.7. The number of likely N-dealkylation sites (N-methyl/N-ethyl adjacent to an activating group) is 1. The van der Waals surface area contributed by atoms with Gasteiger partial charge in [-0.2, -0.15) is 0 Å². The molecule has 3 rings (SSSR count). The van der Waals surface area contributed by atoms with E-state index in [0.29, 0.717) is 6.54 Å². The molecule has 0 spiro atoms. The SMILES string of the molecule is CN1CCN(c2cc(CNC(=O)C3(N)CC3)ccn2)CC1.Cl.Cl.Cl. The second-order valence-corrected chi connectivity index (χ2v) is 6.15. The number of hydrogen-bond acceptors (Lipinski definition) is 5. The minimum Gasteiger partial charge on any atom is -0.354 e.